The monoisotopic (exact) mass is 286 g/mol. The summed E-state index contributed by atoms with van der Waals surface area (Å²) in [4.78, 5) is 14.4. The molecule has 0 aromatic rings. The van der Waals surface area contributed by atoms with Crippen LogP contribution in [0.3, 0.4) is 0 Å². The fraction of sp³-hybridized carbons (Fsp3) is 0.933. The van der Waals surface area contributed by atoms with Crippen LogP contribution in [0.5, 0.6) is 0 Å². The first kappa shape index (κ1) is 17.4. The normalized spacial score (nSPS) is 18.1. The predicted octanol–water partition coefficient (Wildman–Crippen LogP) is 1.42. The molecule has 1 rings (SSSR count). The van der Waals surface area contributed by atoms with Crippen LogP contribution in [-0.4, -0.2) is 62.9 Å². The molecular weight excluding hydrogens is 256 g/mol. The van der Waals surface area contributed by atoms with E-state index in [-0.39, 0.29) is 5.97 Å². The molecule has 0 bridgehead atoms. The quantitative estimate of drug-likeness (QED) is 0.582. The number of nitrogens with zero attached hydrogens (tertiary/aromatic N) is 1. The van der Waals surface area contributed by atoms with Crippen LogP contribution in [0.1, 0.15) is 39.5 Å². The molecule has 1 unspecified atom stereocenters. The molecule has 5 heteroatoms. The van der Waals surface area contributed by atoms with Crippen LogP contribution in [-0.2, 0) is 14.3 Å². The Labute approximate surface area is 123 Å². The minimum atomic E-state index is -0.542. The van der Waals surface area contributed by atoms with Gasteiger partial charge in [-0.05, 0) is 53.1 Å². The first-order valence-corrected chi connectivity index (χ1v) is 7.64. The number of esters is 1. The van der Waals surface area contributed by atoms with Gasteiger partial charge in [0.15, 0.2) is 0 Å². The van der Waals surface area contributed by atoms with Crippen molar-refractivity contribution in [3.8, 4) is 0 Å². The van der Waals surface area contributed by atoms with Gasteiger partial charge in [0.25, 0.3) is 0 Å². The molecule has 1 aliphatic rings. The Morgan fingerprint density at radius 3 is 2.65 bits per heavy atom. The predicted molar refractivity (Wildman–Crippen MR) is 79.8 cm³/mol. The van der Waals surface area contributed by atoms with E-state index < -0.39 is 5.54 Å². The van der Waals surface area contributed by atoms with E-state index >= 15 is 0 Å². The van der Waals surface area contributed by atoms with Gasteiger partial charge in [-0.3, -0.25) is 10.1 Å². The van der Waals surface area contributed by atoms with Crippen LogP contribution in [0.2, 0.25) is 0 Å². The summed E-state index contributed by atoms with van der Waals surface area (Å²) in [5.41, 5.74) is -0.542. The SMILES string of the molecule is CCOC(=O)C(C)(CCCN(C)CCOC)NC1CC1. The van der Waals surface area contributed by atoms with Crippen molar-refractivity contribution in [1.82, 2.24) is 10.2 Å². The summed E-state index contributed by atoms with van der Waals surface area (Å²) in [7, 11) is 3.79. The third kappa shape index (κ3) is 6.20. The molecule has 1 fully saturated rings. The molecule has 1 atom stereocenters. The molecule has 0 spiro atoms. The van der Waals surface area contributed by atoms with Crippen LogP contribution in [0, 0.1) is 0 Å². The van der Waals surface area contributed by atoms with E-state index in [2.05, 4.69) is 17.3 Å². The number of rotatable bonds is 11. The Balaban J connectivity index is 2.37. The lowest BCUT2D eigenvalue weighted by Gasteiger charge is -2.29. The van der Waals surface area contributed by atoms with Crippen molar-refractivity contribution in [3.63, 3.8) is 0 Å². The van der Waals surface area contributed by atoms with Gasteiger partial charge in [0, 0.05) is 19.7 Å². The standard InChI is InChI=1S/C15H30N2O3/c1-5-20-14(18)15(2,16-13-7-8-13)9-6-10-17(3)11-12-19-4/h13,16H,5-12H2,1-4H3. The maximum Gasteiger partial charge on any atom is 0.326 e. The number of carbonyl (C=O) groups excluding carboxylic acids is 1. The second-order valence-electron chi connectivity index (χ2n) is 5.87. The zero-order valence-corrected chi connectivity index (χ0v) is 13.4. The first-order chi connectivity index (χ1) is 9.51. The van der Waals surface area contributed by atoms with E-state index in [1.807, 2.05) is 13.8 Å². The molecule has 0 aromatic heterocycles. The molecule has 118 valence electrons. The highest BCUT2D eigenvalue weighted by atomic mass is 16.5. The molecule has 0 amide bonds. The largest absolute Gasteiger partial charge is 0.465 e. The highest BCUT2D eigenvalue weighted by Crippen LogP contribution is 2.25. The van der Waals surface area contributed by atoms with E-state index in [0.29, 0.717) is 12.6 Å². The summed E-state index contributed by atoms with van der Waals surface area (Å²) < 4.78 is 10.3. The van der Waals surface area contributed by atoms with Crippen molar-refractivity contribution in [2.75, 3.05) is 40.5 Å². The average Bonchev–Trinajstić information content (AvgIpc) is 3.20. The van der Waals surface area contributed by atoms with E-state index in [0.717, 1.165) is 32.5 Å². The van der Waals surface area contributed by atoms with Crippen molar-refractivity contribution in [2.24, 2.45) is 0 Å². The lowest BCUT2D eigenvalue weighted by Crippen LogP contribution is -2.51. The number of hydrogen-bond donors (Lipinski definition) is 1. The summed E-state index contributed by atoms with van der Waals surface area (Å²) in [6.45, 7) is 6.89. The van der Waals surface area contributed by atoms with Gasteiger partial charge in [-0.15, -0.1) is 0 Å². The lowest BCUT2D eigenvalue weighted by molar-refractivity contribution is -0.151. The van der Waals surface area contributed by atoms with Crippen molar-refractivity contribution >= 4 is 5.97 Å². The third-order valence-corrected chi connectivity index (χ3v) is 3.72. The maximum atomic E-state index is 12.2. The smallest absolute Gasteiger partial charge is 0.326 e. The molecule has 1 aliphatic carbocycles. The summed E-state index contributed by atoms with van der Waals surface area (Å²) in [5.74, 6) is -0.119. The molecule has 1 saturated carbocycles. The van der Waals surface area contributed by atoms with Gasteiger partial charge >= 0.3 is 5.97 Å². The second kappa shape index (κ2) is 8.60. The van der Waals surface area contributed by atoms with Crippen LogP contribution in [0.15, 0.2) is 0 Å². The van der Waals surface area contributed by atoms with Gasteiger partial charge in [0.1, 0.15) is 5.54 Å². The van der Waals surface area contributed by atoms with Crippen LogP contribution in [0.25, 0.3) is 0 Å². The molecular formula is C15H30N2O3. The molecule has 0 saturated heterocycles. The van der Waals surface area contributed by atoms with E-state index in [1.165, 1.54) is 12.8 Å². The van der Waals surface area contributed by atoms with Crippen molar-refractivity contribution < 1.29 is 14.3 Å². The lowest BCUT2D eigenvalue weighted by atomic mass is 9.95. The minimum absolute atomic E-state index is 0.119. The fourth-order valence-corrected chi connectivity index (χ4v) is 2.26. The van der Waals surface area contributed by atoms with Crippen LogP contribution in [0.4, 0.5) is 0 Å². The molecule has 0 aliphatic heterocycles. The zero-order chi connectivity index (χ0) is 15.0. The molecule has 0 heterocycles. The Morgan fingerprint density at radius 2 is 2.10 bits per heavy atom. The van der Waals surface area contributed by atoms with Crippen LogP contribution < -0.4 is 5.32 Å². The fourth-order valence-electron chi connectivity index (χ4n) is 2.26. The Hall–Kier alpha value is -0.650. The van der Waals surface area contributed by atoms with Gasteiger partial charge in [-0.25, -0.2) is 0 Å². The van der Waals surface area contributed by atoms with Gasteiger partial charge in [-0.2, -0.15) is 0 Å². The number of hydrogen-bond acceptors (Lipinski definition) is 5. The number of methoxy groups -OCH3 is 1. The Bertz CT molecular complexity index is 295. The summed E-state index contributed by atoms with van der Waals surface area (Å²) in [6, 6.07) is 0.496. The molecule has 1 N–H and O–H groups in total. The van der Waals surface area contributed by atoms with Crippen molar-refractivity contribution in [1.29, 1.82) is 0 Å². The van der Waals surface area contributed by atoms with Crippen LogP contribution >= 0.6 is 0 Å². The number of ether oxygens (including phenoxy) is 2. The average molecular weight is 286 g/mol. The maximum absolute atomic E-state index is 12.2. The van der Waals surface area contributed by atoms with E-state index in [1.54, 1.807) is 7.11 Å². The minimum Gasteiger partial charge on any atom is -0.465 e. The number of likely N-dealkylation sites (N-methyl/N-ethyl adjacent to an activating group) is 1. The first-order valence-electron chi connectivity index (χ1n) is 7.64. The van der Waals surface area contributed by atoms with Crippen molar-refractivity contribution in [3.05, 3.63) is 0 Å². The summed E-state index contributed by atoms with van der Waals surface area (Å²) in [6.07, 6.45) is 4.11. The summed E-state index contributed by atoms with van der Waals surface area (Å²) in [5, 5.41) is 3.45. The van der Waals surface area contributed by atoms with Gasteiger partial charge in [0.2, 0.25) is 0 Å². The zero-order valence-electron chi connectivity index (χ0n) is 13.4. The van der Waals surface area contributed by atoms with Gasteiger partial charge in [0.05, 0.1) is 13.2 Å². The highest BCUT2D eigenvalue weighted by Gasteiger charge is 2.39. The molecule has 0 aromatic carbocycles. The summed E-state index contributed by atoms with van der Waals surface area (Å²) >= 11 is 0. The number of nitrogens with one attached hydrogen (secondary N) is 1. The molecule has 0 radical (unpaired) electrons. The Kier molecular flexibility index (Phi) is 7.48. The van der Waals surface area contributed by atoms with E-state index in [4.69, 9.17) is 9.47 Å². The van der Waals surface area contributed by atoms with Gasteiger partial charge in [-0.1, -0.05) is 0 Å². The molecule has 20 heavy (non-hydrogen) atoms. The second-order valence-corrected chi connectivity index (χ2v) is 5.87. The third-order valence-electron chi connectivity index (χ3n) is 3.72. The number of carbonyl (C=O) groups is 1. The topological polar surface area (TPSA) is 50.8 Å². The Morgan fingerprint density at radius 1 is 1.40 bits per heavy atom. The molecule has 5 nitrogen and oxygen atoms in total. The van der Waals surface area contributed by atoms with Crippen molar-refractivity contribution in [2.45, 2.75) is 51.1 Å². The van der Waals surface area contributed by atoms with E-state index in [9.17, 15) is 4.79 Å². The van der Waals surface area contributed by atoms with Gasteiger partial charge < -0.3 is 14.4 Å². The highest BCUT2D eigenvalue weighted by molar-refractivity contribution is 5.80.